The molecule has 1 aliphatic carbocycles. The summed E-state index contributed by atoms with van der Waals surface area (Å²) in [6.07, 6.45) is 1.10. The van der Waals surface area contributed by atoms with E-state index in [1.807, 2.05) is 5.32 Å². The van der Waals surface area contributed by atoms with Crippen molar-refractivity contribution in [3.8, 4) is 0 Å². The minimum atomic E-state index is -4.46. The largest absolute Gasteiger partial charge is 0.426 e. The number of hydrogen-bond acceptors (Lipinski definition) is 10. The molecule has 0 radical (unpaired) electrons. The molecule has 244 valence electrons. The smallest absolute Gasteiger partial charge is 0.408 e. The van der Waals surface area contributed by atoms with Crippen molar-refractivity contribution in [3.05, 3.63) is 52.9 Å². The van der Waals surface area contributed by atoms with E-state index in [1.54, 1.807) is 33.0 Å². The van der Waals surface area contributed by atoms with Crippen molar-refractivity contribution in [3.63, 3.8) is 0 Å². The average molecular weight is 642 g/mol. The standard InChI is InChI=1S/C17H16F3N7O3.C6H10F2.C4H6N2O/c1-8-14(26-30-25-8)16(29)21-6-11-7-27-13(23-11)3-9(5-22-27)2-10-4-12(17(18,19)20)24-15(10)28;7-6(8)4-2-1-3-5-6;1-3-5-6-4(2)7-3/h3,5,7,10,12H,2,4,6H2,1H3,(H,21,29)(H,24,28);1-5H2;1-2H3. The molecule has 1 saturated carbocycles. The molecule has 13 nitrogen and oxygen atoms in total. The first-order chi connectivity index (χ1) is 21.2. The van der Waals surface area contributed by atoms with Crippen LogP contribution >= 0.6 is 0 Å². The molecule has 0 aromatic carbocycles. The Morgan fingerprint density at radius 2 is 1.80 bits per heavy atom. The summed E-state index contributed by atoms with van der Waals surface area (Å²) in [7, 11) is 0. The number of hydrogen-bond donors (Lipinski definition) is 2. The molecule has 2 fully saturated rings. The molecule has 4 aromatic heterocycles. The first-order valence-electron chi connectivity index (χ1n) is 14.1. The van der Waals surface area contributed by atoms with Crippen molar-refractivity contribution in [1.29, 1.82) is 0 Å². The van der Waals surface area contributed by atoms with Gasteiger partial charge in [0, 0.05) is 32.6 Å². The number of carbonyl (C=O) groups excluding carboxylic acids is 2. The molecule has 5 heterocycles. The van der Waals surface area contributed by atoms with E-state index in [9.17, 15) is 31.5 Å². The maximum atomic E-state index is 12.8. The van der Waals surface area contributed by atoms with Gasteiger partial charge in [-0.3, -0.25) is 9.59 Å². The molecule has 18 heteroatoms. The molecule has 1 aliphatic heterocycles. The molecule has 2 N–H and O–H groups in total. The maximum Gasteiger partial charge on any atom is 0.408 e. The SMILES string of the molecule is Cc1nnc(C)o1.Cc1nonc1C(=O)NCc1cn2ncc(CC3CC(C(F)(F)F)NC3=O)cc2n1.FC1(F)CCCCC1. The number of aromatic nitrogens is 7. The van der Waals surface area contributed by atoms with Crippen LogP contribution in [0.15, 0.2) is 27.5 Å². The number of rotatable bonds is 5. The Morgan fingerprint density at radius 1 is 1.11 bits per heavy atom. The van der Waals surface area contributed by atoms with Gasteiger partial charge >= 0.3 is 6.18 Å². The lowest BCUT2D eigenvalue weighted by Gasteiger charge is -2.20. The Kier molecular flexibility index (Phi) is 10.4. The Balaban J connectivity index is 0.000000250. The Hall–Kier alpha value is -4.51. The fraction of sp³-hybridized carbons (Fsp3) is 0.556. The summed E-state index contributed by atoms with van der Waals surface area (Å²) in [4.78, 5) is 28.3. The molecule has 1 saturated heterocycles. The van der Waals surface area contributed by atoms with Crippen LogP contribution in [0.4, 0.5) is 22.0 Å². The van der Waals surface area contributed by atoms with Crippen LogP contribution in [0.25, 0.3) is 5.65 Å². The topological polar surface area (TPSA) is 166 Å². The second-order valence-electron chi connectivity index (χ2n) is 10.8. The lowest BCUT2D eigenvalue weighted by atomic mass is 9.97. The molecule has 2 amide bonds. The number of amides is 2. The molecule has 0 bridgehead atoms. The third-order valence-corrected chi connectivity index (χ3v) is 7.02. The predicted octanol–water partition coefficient (Wildman–Crippen LogP) is 4.23. The van der Waals surface area contributed by atoms with Crippen LogP contribution in [-0.2, 0) is 17.8 Å². The number of imidazole rings is 1. The highest BCUT2D eigenvalue weighted by Gasteiger charge is 2.47. The molecule has 2 atom stereocenters. The number of alkyl halides is 5. The highest BCUT2D eigenvalue weighted by Crippen LogP contribution is 2.32. The average Bonchev–Trinajstić information content (AvgIpc) is 3.75. The zero-order valence-electron chi connectivity index (χ0n) is 24.7. The molecule has 2 aliphatic rings. The van der Waals surface area contributed by atoms with E-state index < -0.39 is 35.9 Å². The van der Waals surface area contributed by atoms with E-state index in [0.717, 1.165) is 6.42 Å². The Labute approximate surface area is 253 Å². The molecular weight excluding hydrogens is 609 g/mol. The fourth-order valence-corrected chi connectivity index (χ4v) is 4.73. The van der Waals surface area contributed by atoms with Crippen LogP contribution in [0.2, 0.25) is 0 Å². The monoisotopic (exact) mass is 641 g/mol. The van der Waals surface area contributed by atoms with E-state index in [4.69, 9.17) is 4.42 Å². The van der Waals surface area contributed by atoms with Gasteiger partial charge in [0.15, 0.2) is 11.3 Å². The van der Waals surface area contributed by atoms with Crippen LogP contribution in [0.1, 0.15) is 77.7 Å². The molecule has 2 unspecified atom stereocenters. The van der Waals surface area contributed by atoms with Crippen LogP contribution in [0.5, 0.6) is 0 Å². The van der Waals surface area contributed by atoms with Gasteiger partial charge in [0.1, 0.15) is 11.7 Å². The highest BCUT2D eigenvalue weighted by molar-refractivity contribution is 5.92. The van der Waals surface area contributed by atoms with Crippen molar-refractivity contribution >= 4 is 17.5 Å². The van der Waals surface area contributed by atoms with Crippen molar-refractivity contribution in [2.75, 3.05) is 0 Å². The second-order valence-corrected chi connectivity index (χ2v) is 10.8. The zero-order chi connectivity index (χ0) is 32.8. The first-order valence-corrected chi connectivity index (χ1v) is 14.1. The second kappa shape index (κ2) is 14.1. The first kappa shape index (κ1) is 33.4. The number of nitrogens with one attached hydrogen (secondary N) is 2. The van der Waals surface area contributed by atoms with Crippen molar-refractivity contribution < 1.29 is 40.6 Å². The van der Waals surface area contributed by atoms with Gasteiger partial charge in [-0.25, -0.2) is 22.9 Å². The van der Waals surface area contributed by atoms with E-state index in [2.05, 4.69) is 40.5 Å². The summed E-state index contributed by atoms with van der Waals surface area (Å²) < 4.78 is 73.7. The lowest BCUT2D eigenvalue weighted by Crippen LogP contribution is -2.38. The fourth-order valence-electron chi connectivity index (χ4n) is 4.73. The third-order valence-electron chi connectivity index (χ3n) is 7.02. The normalized spacial score (nSPS) is 19.2. The third kappa shape index (κ3) is 9.49. The van der Waals surface area contributed by atoms with Crippen LogP contribution < -0.4 is 10.6 Å². The molecule has 4 aromatic rings. The molecule has 0 spiro atoms. The number of aryl methyl sites for hydroxylation is 3. The van der Waals surface area contributed by atoms with Gasteiger partial charge in [0.05, 0.1) is 24.6 Å². The van der Waals surface area contributed by atoms with Gasteiger partial charge in [0.2, 0.25) is 23.6 Å². The summed E-state index contributed by atoms with van der Waals surface area (Å²) >= 11 is 0. The van der Waals surface area contributed by atoms with E-state index in [1.165, 1.54) is 10.7 Å². The number of nitrogens with zero attached hydrogens (tertiary/aromatic N) is 7. The number of carbonyl (C=O) groups is 2. The van der Waals surface area contributed by atoms with Gasteiger partial charge in [-0.05, 0) is 49.4 Å². The Bertz CT molecular complexity index is 1580. The number of halogens is 5. The zero-order valence-corrected chi connectivity index (χ0v) is 24.7. The van der Waals surface area contributed by atoms with Gasteiger partial charge in [-0.15, -0.1) is 10.2 Å². The van der Waals surface area contributed by atoms with Crippen molar-refractivity contribution in [2.45, 2.75) is 90.4 Å². The predicted molar refractivity (Wildman–Crippen MR) is 145 cm³/mol. The van der Waals surface area contributed by atoms with Crippen LogP contribution in [0.3, 0.4) is 0 Å². The summed E-state index contributed by atoms with van der Waals surface area (Å²) in [5.74, 6) is -2.95. The minimum Gasteiger partial charge on any atom is -0.426 e. The van der Waals surface area contributed by atoms with Crippen LogP contribution in [0, 0.1) is 26.7 Å². The molecular formula is C27H32F5N9O4. The van der Waals surface area contributed by atoms with Gasteiger partial charge in [-0.1, -0.05) is 11.6 Å². The van der Waals surface area contributed by atoms with E-state index >= 15 is 0 Å². The Morgan fingerprint density at radius 3 is 2.31 bits per heavy atom. The van der Waals surface area contributed by atoms with Gasteiger partial charge in [-0.2, -0.15) is 18.3 Å². The quantitative estimate of drug-likeness (QED) is 0.301. The maximum absolute atomic E-state index is 12.8. The van der Waals surface area contributed by atoms with Crippen LogP contribution in [-0.4, -0.2) is 65.1 Å². The summed E-state index contributed by atoms with van der Waals surface area (Å²) in [6.45, 7) is 5.21. The van der Waals surface area contributed by atoms with E-state index in [0.29, 0.717) is 47.2 Å². The minimum absolute atomic E-state index is 0.0752. The highest BCUT2D eigenvalue weighted by atomic mass is 19.4. The van der Waals surface area contributed by atoms with Crippen molar-refractivity contribution in [2.24, 2.45) is 5.92 Å². The van der Waals surface area contributed by atoms with Crippen molar-refractivity contribution in [1.82, 2.24) is 45.7 Å². The molecule has 6 rings (SSSR count). The number of fused-ring (bicyclic) bond motifs is 1. The van der Waals surface area contributed by atoms with E-state index in [-0.39, 0.29) is 37.9 Å². The summed E-state index contributed by atoms with van der Waals surface area (Å²) in [6, 6.07) is -0.171. The molecule has 45 heavy (non-hydrogen) atoms. The lowest BCUT2D eigenvalue weighted by molar-refractivity contribution is -0.154. The van der Waals surface area contributed by atoms with Gasteiger partial charge in [0.25, 0.3) is 5.91 Å². The summed E-state index contributed by atoms with van der Waals surface area (Å²) in [5, 5.41) is 23.1. The van der Waals surface area contributed by atoms with Gasteiger partial charge < -0.3 is 15.1 Å². The summed E-state index contributed by atoms with van der Waals surface area (Å²) in [5.41, 5.74) is 1.99.